The highest BCUT2D eigenvalue weighted by atomic mass is 127. The second kappa shape index (κ2) is 11.7. The van der Waals surface area contributed by atoms with Gasteiger partial charge in [-0.2, -0.15) is 0 Å². The Labute approximate surface area is 172 Å². The van der Waals surface area contributed by atoms with E-state index in [1.165, 1.54) is 0 Å². The van der Waals surface area contributed by atoms with E-state index in [1.807, 2.05) is 6.07 Å². The van der Waals surface area contributed by atoms with Gasteiger partial charge in [-0.05, 0) is 13.3 Å². The molecule has 0 radical (unpaired) electrons. The van der Waals surface area contributed by atoms with Gasteiger partial charge in [0.25, 0.3) is 0 Å². The van der Waals surface area contributed by atoms with E-state index in [1.54, 1.807) is 20.2 Å². The number of aromatic nitrogens is 1. The first-order chi connectivity index (χ1) is 12.0. The Morgan fingerprint density at radius 1 is 1.31 bits per heavy atom. The lowest BCUT2D eigenvalue weighted by Crippen LogP contribution is -2.52. The van der Waals surface area contributed by atoms with Gasteiger partial charge in [-0.1, -0.05) is 5.16 Å². The Kier molecular flexibility index (Phi) is 10.4. The van der Waals surface area contributed by atoms with Gasteiger partial charge in [0.1, 0.15) is 6.26 Å². The molecule has 1 aliphatic rings. The van der Waals surface area contributed by atoms with Gasteiger partial charge in [-0.15, -0.1) is 24.0 Å². The fraction of sp³-hybridized carbons (Fsp3) is 0.733. The summed E-state index contributed by atoms with van der Waals surface area (Å²) in [5, 5.41) is 7.25. The van der Waals surface area contributed by atoms with Crippen molar-refractivity contribution in [2.75, 3.05) is 52.1 Å². The molecule has 1 fully saturated rings. The normalized spacial score (nSPS) is 16.4. The van der Waals surface area contributed by atoms with Gasteiger partial charge in [0.15, 0.2) is 5.96 Å². The van der Waals surface area contributed by atoms with Crippen molar-refractivity contribution in [3.05, 3.63) is 18.0 Å². The zero-order valence-electron chi connectivity index (χ0n) is 15.3. The molecule has 0 unspecified atom stereocenters. The van der Waals surface area contributed by atoms with E-state index >= 15 is 0 Å². The fourth-order valence-electron chi connectivity index (χ4n) is 2.62. The van der Waals surface area contributed by atoms with Crippen LogP contribution in [-0.2, 0) is 16.6 Å². The third kappa shape index (κ3) is 7.76. The molecule has 2 heterocycles. The van der Waals surface area contributed by atoms with E-state index in [-0.39, 0.29) is 29.7 Å². The van der Waals surface area contributed by atoms with Crippen molar-refractivity contribution in [3.63, 3.8) is 0 Å². The van der Waals surface area contributed by atoms with Crippen LogP contribution in [0.15, 0.2) is 21.8 Å². The van der Waals surface area contributed by atoms with Crippen LogP contribution in [0.5, 0.6) is 0 Å². The van der Waals surface area contributed by atoms with E-state index in [0.29, 0.717) is 19.5 Å². The summed E-state index contributed by atoms with van der Waals surface area (Å²) in [6.07, 6.45) is 2.31. The molecular weight excluding hydrogens is 471 g/mol. The van der Waals surface area contributed by atoms with Gasteiger partial charge in [0, 0.05) is 58.9 Å². The summed E-state index contributed by atoms with van der Waals surface area (Å²) in [6, 6.07) is 1.89. The number of guanidine groups is 1. The minimum atomic E-state index is -3.11. The summed E-state index contributed by atoms with van der Waals surface area (Å²) >= 11 is 0. The minimum Gasteiger partial charge on any atom is -0.364 e. The Morgan fingerprint density at radius 3 is 2.62 bits per heavy atom. The maximum absolute atomic E-state index is 11.4. The van der Waals surface area contributed by atoms with E-state index in [4.69, 9.17) is 4.52 Å². The molecule has 0 amide bonds. The molecule has 1 aromatic rings. The molecule has 0 atom stereocenters. The molecule has 0 saturated carbocycles. The lowest BCUT2D eigenvalue weighted by Gasteiger charge is -2.36. The summed E-state index contributed by atoms with van der Waals surface area (Å²) in [6.45, 7) is 7.19. The predicted octanol–water partition coefficient (Wildman–Crippen LogP) is 0.315. The second-order valence-corrected chi connectivity index (χ2v) is 7.97. The van der Waals surface area contributed by atoms with Gasteiger partial charge in [-0.3, -0.25) is 9.89 Å². The minimum absolute atomic E-state index is 0. The van der Waals surface area contributed by atoms with Crippen LogP contribution < -0.4 is 10.0 Å². The zero-order chi connectivity index (χ0) is 18.1. The number of hydrogen-bond acceptors (Lipinski definition) is 6. The summed E-state index contributed by atoms with van der Waals surface area (Å²) in [5.41, 5.74) is 0.950. The van der Waals surface area contributed by atoms with Crippen LogP contribution in [0.25, 0.3) is 0 Å². The van der Waals surface area contributed by atoms with Gasteiger partial charge in [0.05, 0.1) is 11.4 Å². The number of rotatable bonds is 8. The second-order valence-electron chi connectivity index (χ2n) is 5.88. The summed E-state index contributed by atoms with van der Waals surface area (Å²) in [4.78, 5) is 8.87. The average molecular weight is 500 g/mol. The highest BCUT2D eigenvalue weighted by Crippen LogP contribution is 2.07. The smallest absolute Gasteiger partial charge is 0.211 e. The first kappa shape index (κ1) is 23.1. The molecule has 9 nitrogen and oxygen atoms in total. The largest absolute Gasteiger partial charge is 0.364 e. The number of piperazine rings is 1. The predicted molar refractivity (Wildman–Crippen MR) is 112 cm³/mol. The van der Waals surface area contributed by atoms with Crippen LogP contribution in [0, 0.1) is 0 Å². The molecule has 1 aliphatic heterocycles. The lowest BCUT2D eigenvalue weighted by atomic mass is 10.3. The molecule has 26 heavy (non-hydrogen) atoms. The number of nitrogens with one attached hydrogen (secondary N) is 2. The molecule has 1 saturated heterocycles. The molecule has 1 aromatic heterocycles. The van der Waals surface area contributed by atoms with E-state index in [0.717, 1.165) is 44.4 Å². The van der Waals surface area contributed by atoms with Crippen molar-refractivity contribution >= 4 is 40.0 Å². The first-order valence-corrected chi connectivity index (χ1v) is 10.2. The SMILES string of the molecule is CCS(=O)(=O)NCCCNC(=NC)N1CCN(Cc2ccon2)CC1.I. The van der Waals surface area contributed by atoms with Crippen LogP contribution in [0.3, 0.4) is 0 Å². The number of nitrogens with zero attached hydrogens (tertiary/aromatic N) is 4. The third-order valence-corrected chi connectivity index (χ3v) is 5.50. The topological polar surface area (TPSA) is 103 Å². The van der Waals surface area contributed by atoms with Crippen molar-refractivity contribution < 1.29 is 12.9 Å². The van der Waals surface area contributed by atoms with E-state index < -0.39 is 10.0 Å². The highest BCUT2D eigenvalue weighted by Gasteiger charge is 2.20. The fourth-order valence-corrected chi connectivity index (χ4v) is 3.28. The van der Waals surface area contributed by atoms with Crippen LogP contribution in [-0.4, -0.2) is 81.4 Å². The highest BCUT2D eigenvalue weighted by molar-refractivity contribution is 14.0. The van der Waals surface area contributed by atoms with Crippen LogP contribution in [0.2, 0.25) is 0 Å². The quantitative estimate of drug-likeness (QED) is 0.229. The Hall–Kier alpha value is -0.920. The van der Waals surface area contributed by atoms with Gasteiger partial charge >= 0.3 is 0 Å². The van der Waals surface area contributed by atoms with Crippen LogP contribution in [0.4, 0.5) is 0 Å². The maximum Gasteiger partial charge on any atom is 0.211 e. The molecule has 0 aliphatic carbocycles. The first-order valence-electron chi connectivity index (χ1n) is 8.58. The molecule has 0 aromatic carbocycles. The molecule has 0 spiro atoms. The average Bonchev–Trinajstić information content (AvgIpc) is 3.12. The van der Waals surface area contributed by atoms with Crippen molar-refractivity contribution in [1.82, 2.24) is 25.0 Å². The van der Waals surface area contributed by atoms with E-state index in [2.05, 4.69) is 30.0 Å². The Bertz CT molecular complexity index is 630. The van der Waals surface area contributed by atoms with Crippen molar-refractivity contribution in [2.45, 2.75) is 19.9 Å². The summed E-state index contributed by atoms with van der Waals surface area (Å²) in [7, 11) is -1.34. The zero-order valence-corrected chi connectivity index (χ0v) is 18.5. The standard InChI is InChI=1S/C15H28N6O3S.HI/c1-3-25(22,23)18-7-4-6-17-15(16-2)21-10-8-20(9-11-21)13-14-5-12-24-19-14;/h5,12,18H,3-4,6-11,13H2,1-2H3,(H,16,17);1H. The van der Waals surface area contributed by atoms with Gasteiger partial charge in [-0.25, -0.2) is 13.1 Å². The van der Waals surface area contributed by atoms with Crippen molar-refractivity contribution in [2.24, 2.45) is 4.99 Å². The number of sulfonamides is 1. The van der Waals surface area contributed by atoms with Crippen LogP contribution in [0.1, 0.15) is 19.0 Å². The monoisotopic (exact) mass is 500 g/mol. The molecule has 11 heteroatoms. The summed E-state index contributed by atoms with van der Waals surface area (Å²) in [5.74, 6) is 0.972. The van der Waals surface area contributed by atoms with Gasteiger partial charge < -0.3 is 14.7 Å². The van der Waals surface area contributed by atoms with Crippen molar-refractivity contribution in [1.29, 1.82) is 0 Å². The molecule has 150 valence electrons. The van der Waals surface area contributed by atoms with Crippen LogP contribution >= 0.6 is 24.0 Å². The Morgan fingerprint density at radius 2 is 2.04 bits per heavy atom. The molecule has 0 bridgehead atoms. The number of aliphatic imine (C=N–C) groups is 1. The third-order valence-electron chi connectivity index (χ3n) is 4.10. The van der Waals surface area contributed by atoms with Gasteiger partial charge in [0.2, 0.25) is 10.0 Å². The van der Waals surface area contributed by atoms with Crippen molar-refractivity contribution in [3.8, 4) is 0 Å². The molecular formula is C15H29IN6O3S. The summed E-state index contributed by atoms with van der Waals surface area (Å²) < 4.78 is 30.2. The molecule has 2 rings (SSSR count). The Balaban J connectivity index is 0.00000338. The maximum atomic E-state index is 11.4. The number of hydrogen-bond donors (Lipinski definition) is 2. The van der Waals surface area contributed by atoms with E-state index in [9.17, 15) is 8.42 Å². The molecule has 2 N–H and O–H groups in total. The number of halogens is 1. The lowest BCUT2D eigenvalue weighted by molar-refractivity contribution is 0.169.